The van der Waals surface area contributed by atoms with Crippen LogP contribution >= 0.6 is 0 Å². The minimum atomic E-state index is 0.0646. The molecule has 180 valence electrons. The maximum atomic E-state index is 2.72. The third-order valence-electron chi connectivity index (χ3n) is 9.68. The van der Waals surface area contributed by atoms with Crippen LogP contribution in [0, 0.1) is 0 Å². The second kappa shape index (κ2) is 6.99. The van der Waals surface area contributed by atoms with E-state index in [4.69, 9.17) is 0 Å². The molecule has 2 nitrogen and oxygen atoms in total. The molecule has 0 fully saturated rings. The Labute approximate surface area is 224 Å². The zero-order valence-electron chi connectivity index (χ0n) is 21.6. The number of hydrogen-bond donors (Lipinski definition) is 0. The maximum Gasteiger partial charge on any atom is 0.252 e. The van der Waals surface area contributed by atoms with Gasteiger partial charge in [0.25, 0.3) is 6.71 Å². The summed E-state index contributed by atoms with van der Waals surface area (Å²) in [5.41, 5.74) is 15.4. The molecule has 0 saturated heterocycles. The lowest BCUT2D eigenvalue weighted by Crippen LogP contribution is -2.61. The van der Waals surface area contributed by atoms with E-state index < -0.39 is 0 Å². The molecular formula is C35H27BN2. The lowest BCUT2D eigenvalue weighted by atomic mass is 9.33. The number of hydrogen-bond acceptors (Lipinski definition) is 2. The molecule has 5 aromatic rings. The van der Waals surface area contributed by atoms with E-state index in [1.54, 1.807) is 0 Å². The van der Waals surface area contributed by atoms with Crippen molar-refractivity contribution in [1.29, 1.82) is 0 Å². The highest BCUT2D eigenvalue weighted by molar-refractivity contribution is 7.00. The molecule has 3 heterocycles. The number of rotatable bonds is 1. The van der Waals surface area contributed by atoms with Gasteiger partial charge >= 0.3 is 0 Å². The van der Waals surface area contributed by atoms with Crippen molar-refractivity contribution in [2.24, 2.45) is 0 Å². The summed E-state index contributed by atoms with van der Waals surface area (Å²) in [5, 5.41) is 0. The van der Waals surface area contributed by atoms with Gasteiger partial charge in [-0.2, -0.15) is 0 Å². The van der Waals surface area contributed by atoms with Gasteiger partial charge in [-0.15, -0.1) is 0 Å². The summed E-state index contributed by atoms with van der Waals surface area (Å²) >= 11 is 0. The van der Waals surface area contributed by atoms with Gasteiger partial charge in [-0.05, 0) is 68.8 Å². The average molecular weight is 486 g/mol. The van der Waals surface area contributed by atoms with Crippen molar-refractivity contribution in [1.82, 2.24) is 0 Å². The lowest BCUT2D eigenvalue weighted by Gasteiger charge is -2.44. The molecule has 3 heteroatoms. The molecule has 0 bridgehead atoms. The fourth-order valence-electron chi connectivity index (χ4n) is 8.32. The minimum absolute atomic E-state index is 0.0646. The number of para-hydroxylation sites is 3. The Morgan fingerprint density at radius 1 is 0.605 bits per heavy atom. The van der Waals surface area contributed by atoms with Crippen molar-refractivity contribution in [3.63, 3.8) is 0 Å². The quantitative estimate of drug-likeness (QED) is 0.243. The SMILES string of the molecule is CC1(C)c2ccccc2C2C1c1cccc3c1N2c1cccc2c1B3c1ccccc1N2c1ccccc1. The van der Waals surface area contributed by atoms with Crippen LogP contribution in [-0.2, 0) is 5.41 Å². The molecule has 5 aromatic carbocycles. The van der Waals surface area contributed by atoms with Gasteiger partial charge in [-0.3, -0.25) is 0 Å². The Hall–Kier alpha value is -4.24. The molecule has 0 amide bonds. The van der Waals surface area contributed by atoms with Crippen molar-refractivity contribution in [3.05, 3.63) is 132 Å². The second-order valence-electron chi connectivity index (χ2n) is 11.8. The first kappa shape index (κ1) is 20.8. The maximum absolute atomic E-state index is 2.72. The van der Waals surface area contributed by atoms with Crippen molar-refractivity contribution < 1.29 is 0 Å². The predicted octanol–water partition coefficient (Wildman–Crippen LogP) is 6.57. The molecule has 3 aliphatic heterocycles. The van der Waals surface area contributed by atoms with E-state index in [9.17, 15) is 0 Å². The van der Waals surface area contributed by atoms with Crippen LogP contribution in [0.25, 0.3) is 0 Å². The molecule has 2 unspecified atom stereocenters. The Balaban J connectivity index is 1.38. The molecule has 0 spiro atoms. The monoisotopic (exact) mass is 486 g/mol. The van der Waals surface area contributed by atoms with Gasteiger partial charge in [0.2, 0.25) is 0 Å². The summed E-state index contributed by atoms with van der Waals surface area (Å²) in [6.07, 6.45) is 0. The third-order valence-corrected chi connectivity index (χ3v) is 9.68. The van der Waals surface area contributed by atoms with E-state index in [-0.39, 0.29) is 12.1 Å². The average Bonchev–Trinajstić information content (AvgIpc) is 3.43. The first-order valence-electron chi connectivity index (χ1n) is 13.7. The summed E-state index contributed by atoms with van der Waals surface area (Å²) in [6.45, 7) is 5.13. The third kappa shape index (κ3) is 2.32. The second-order valence-corrected chi connectivity index (χ2v) is 11.8. The summed E-state index contributed by atoms with van der Waals surface area (Å²) < 4.78 is 0. The van der Waals surface area contributed by atoms with E-state index in [0.717, 1.165) is 0 Å². The van der Waals surface area contributed by atoms with Gasteiger partial charge in [0, 0.05) is 34.4 Å². The van der Waals surface area contributed by atoms with Crippen LogP contribution in [-0.4, -0.2) is 6.71 Å². The Kier molecular flexibility index (Phi) is 3.82. The van der Waals surface area contributed by atoms with Crippen LogP contribution in [0.4, 0.5) is 28.4 Å². The number of anilines is 5. The molecule has 38 heavy (non-hydrogen) atoms. The summed E-state index contributed by atoms with van der Waals surface area (Å²) in [7, 11) is 0. The van der Waals surface area contributed by atoms with E-state index in [1.807, 2.05) is 0 Å². The summed E-state index contributed by atoms with van der Waals surface area (Å²) in [6, 6.07) is 43.4. The topological polar surface area (TPSA) is 6.48 Å². The van der Waals surface area contributed by atoms with Crippen LogP contribution in [0.5, 0.6) is 0 Å². The van der Waals surface area contributed by atoms with Gasteiger partial charge in [-0.25, -0.2) is 0 Å². The molecule has 0 saturated carbocycles. The Bertz CT molecular complexity index is 1790. The van der Waals surface area contributed by atoms with Crippen molar-refractivity contribution in [3.8, 4) is 0 Å². The standard InChI is InChI=1S/C35H27BN2/c1-35(2)25-16-7-6-14-23(25)34-31(35)24-15-10-18-27-33(24)38(34)30-21-11-20-29-32(30)36(27)26-17-8-9-19-28(26)37(29)22-12-4-3-5-13-22/h3-21,31,34H,1-2H3. The molecule has 9 rings (SSSR count). The van der Waals surface area contributed by atoms with Gasteiger partial charge in [0.15, 0.2) is 0 Å². The van der Waals surface area contributed by atoms with E-state index in [0.29, 0.717) is 12.0 Å². The number of fused-ring (bicyclic) bond motifs is 9. The molecule has 0 radical (unpaired) electrons. The van der Waals surface area contributed by atoms with Gasteiger partial charge < -0.3 is 9.80 Å². The highest BCUT2D eigenvalue weighted by Gasteiger charge is 2.57. The number of benzene rings is 5. The normalized spacial score (nSPS) is 20.4. The Morgan fingerprint density at radius 2 is 1.26 bits per heavy atom. The van der Waals surface area contributed by atoms with Crippen LogP contribution in [0.3, 0.4) is 0 Å². The van der Waals surface area contributed by atoms with Crippen molar-refractivity contribution in [2.45, 2.75) is 31.2 Å². The zero-order valence-corrected chi connectivity index (χ0v) is 21.6. The summed E-state index contributed by atoms with van der Waals surface area (Å²) in [4.78, 5) is 5.19. The van der Waals surface area contributed by atoms with Crippen molar-refractivity contribution >= 4 is 51.5 Å². The molecule has 1 aliphatic carbocycles. The zero-order chi connectivity index (χ0) is 25.2. The summed E-state index contributed by atoms with van der Waals surface area (Å²) in [5.74, 6) is 0.423. The van der Waals surface area contributed by atoms with Crippen molar-refractivity contribution in [2.75, 3.05) is 9.80 Å². The molecule has 4 aliphatic rings. The van der Waals surface area contributed by atoms with Gasteiger partial charge in [0.1, 0.15) is 0 Å². The van der Waals surface area contributed by atoms with Gasteiger partial charge in [-0.1, -0.05) is 98.8 Å². The molecular weight excluding hydrogens is 459 g/mol. The lowest BCUT2D eigenvalue weighted by molar-refractivity contribution is 0.421. The van der Waals surface area contributed by atoms with Crippen LogP contribution in [0.15, 0.2) is 115 Å². The highest BCUT2D eigenvalue weighted by atomic mass is 15.2. The highest BCUT2D eigenvalue weighted by Crippen LogP contribution is 2.65. The van der Waals surface area contributed by atoms with Crippen LogP contribution < -0.4 is 26.2 Å². The minimum Gasteiger partial charge on any atom is -0.334 e. The van der Waals surface area contributed by atoms with Crippen LogP contribution in [0.1, 0.15) is 42.5 Å². The fourth-order valence-corrected chi connectivity index (χ4v) is 8.32. The Morgan fingerprint density at radius 3 is 2.16 bits per heavy atom. The van der Waals surface area contributed by atoms with Gasteiger partial charge in [0.05, 0.1) is 6.04 Å². The predicted molar refractivity (Wildman–Crippen MR) is 159 cm³/mol. The molecule has 2 atom stereocenters. The fraction of sp³-hybridized carbons (Fsp3) is 0.143. The first-order valence-corrected chi connectivity index (χ1v) is 13.7. The van der Waals surface area contributed by atoms with E-state index in [2.05, 4.69) is 139 Å². The first-order chi connectivity index (χ1) is 18.7. The molecule has 0 aromatic heterocycles. The molecule has 0 N–H and O–H groups in total. The number of nitrogens with zero attached hydrogens (tertiary/aromatic N) is 2. The van der Waals surface area contributed by atoms with Crippen LogP contribution in [0.2, 0.25) is 0 Å². The van der Waals surface area contributed by atoms with E-state index in [1.165, 1.54) is 61.5 Å². The van der Waals surface area contributed by atoms with E-state index >= 15 is 0 Å². The largest absolute Gasteiger partial charge is 0.334 e. The smallest absolute Gasteiger partial charge is 0.252 e.